The molecule has 0 radical (unpaired) electrons. The zero-order chi connectivity index (χ0) is 18.5. The zero-order valence-electron chi connectivity index (χ0n) is 15.2. The summed E-state index contributed by atoms with van der Waals surface area (Å²) in [5.41, 5.74) is 1.00. The van der Waals surface area contributed by atoms with Crippen LogP contribution in [0.15, 0.2) is 30.3 Å². The van der Waals surface area contributed by atoms with E-state index in [1.807, 2.05) is 30.3 Å². The Morgan fingerprint density at radius 2 is 1.73 bits per heavy atom. The van der Waals surface area contributed by atoms with E-state index in [0.717, 1.165) is 31.2 Å². The number of amides is 3. The van der Waals surface area contributed by atoms with Crippen LogP contribution in [0.3, 0.4) is 0 Å². The summed E-state index contributed by atoms with van der Waals surface area (Å²) < 4.78 is 5.11. The fourth-order valence-electron chi connectivity index (χ4n) is 3.92. The molecule has 26 heavy (non-hydrogen) atoms. The number of carbonyl (C=O) groups excluding carboxylic acids is 3. The average molecular weight is 358 g/mol. The molecular formula is C20H26N2O4. The van der Waals surface area contributed by atoms with E-state index in [1.54, 1.807) is 12.0 Å². The molecule has 2 fully saturated rings. The lowest BCUT2D eigenvalue weighted by molar-refractivity contribution is -0.147. The van der Waals surface area contributed by atoms with Crippen LogP contribution in [0.4, 0.5) is 0 Å². The Labute approximate surface area is 154 Å². The van der Waals surface area contributed by atoms with Gasteiger partial charge in [-0.2, -0.15) is 0 Å². The van der Waals surface area contributed by atoms with Gasteiger partial charge in [-0.3, -0.25) is 19.3 Å². The fraction of sp³-hybridized carbons (Fsp3) is 0.550. The molecule has 1 aliphatic carbocycles. The first kappa shape index (κ1) is 18.6. The van der Waals surface area contributed by atoms with Gasteiger partial charge < -0.3 is 9.64 Å². The van der Waals surface area contributed by atoms with Crippen LogP contribution in [0.25, 0.3) is 0 Å². The van der Waals surface area contributed by atoms with Crippen LogP contribution in [-0.4, -0.2) is 54.3 Å². The van der Waals surface area contributed by atoms with E-state index in [2.05, 4.69) is 0 Å². The third-order valence-electron chi connectivity index (χ3n) is 5.36. The van der Waals surface area contributed by atoms with Gasteiger partial charge in [0.15, 0.2) is 0 Å². The van der Waals surface area contributed by atoms with Gasteiger partial charge in [-0.25, -0.2) is 0 Å². The van der Waals surface area contributed by atoms with Crippen molar-refractivity contribution in [2.75, 3.05) is 26.8 Å². The van der Waals surface area contributed by atoms with E-state index in [1.165, 1.54) is 4.90 Å². The van der Waals surface area contributed by atoms with E-state index < -0.39 is 0 Å². The molecule has 0 bridgehead atoms. The minimum absolute atomic E-state index is 0.165. The van der Waals surface area contributed by atoms with E-state index in [4.69, 9.17) is 4.74 Å². The molecule has 1 saturated carbocycles. The first-order chi connectivity index (χ1) is 12.6. The lowest BCUT2D eigenvalue weighted by Crippen LogP contribution is -2.44. The number of ether oxygens (including phenoxy) is 1. The highest BCUT2D eigenvalue weighted by Gasteiger charge is 2.48. The SMILES string of the molecule is COCCN(Cc1ccccc1)C(=O)CN1C(=O)C2CCCCC2C1=O. The number of likely N-dealkylation sites (tertiary alicyclic amines) is 1. The Bertz CT molecular complexity index is 637. The number of imide groups is 1. The fourth-order valence-corrected chi connectivity index (χ4v) is 3.92. The molecule has 1 saturated heterocycles. The quantitative estimate of drug-likeness (QED) is 0.698. The van der Waals surface area contributed by atoms with Gasteiger partial charge in [-0.05, 0) is 18.4 Å². The Hall–Kier alpha value is -2.21. The monoisotopic (exact) mass is 358 g/mol. The third-order valence-corrected chi connectivity index (χ3v) is 5.36. The maximum Gasteiger partial charge on any atom is 0.243 e. The lowest BCUT2D eigenvalue weighted by atomic mass is 9.81. The molecule has 0 aromatic heterocycles. The van der Waals surface area contributed by atoms with Crippen LogP contribution in [0.1, 0.15) is 31.2 Å². The zero-order valence-corrected chi connectivity index (χ0v) is 15.2. The molecule has 2 aliphatic rings. The Morgan fingerprint density at radius 3 is 2.31 bits per heavy atom. The summed E-state index contributed by atoms with van der Waals surface area (Å²) in [5, 5.41) is 0. The molecule has 3 rings (SSSR count). The van der Waals surface area contributed by atoms with Crippen LogP contribution < -0.4 is 0 Å². The predicted octanol–water partition coefficient (Wildman–Crippen LogP) is 1.84. The standard InChI is InChI=1S/C20H26N2O4/c1-26-12-11-21(13-15-7-3-2-4-8-15)18(23)14-22-19(24)16-9-5-6-10-17(16)20(22)25/h2-4,7-8,16-17H,5-6,9-14H2,1H3. The Balaban J connectivity index is 1.68. The smallest absolute Gasteiger partial charge is 0.243 e. The average Bonchev–Trinajstić information content (AvgIpc) is 2.91. The van der Waals surface area contributed by atoms with Crippen LogP contribution in [-0.2, 0) is 25.7 Å². The molecule has 2 atom stereocenters. The summed E-state index contributed by atoms with van der Waals surface area (Å²) in [5.74, 6) is -0.985. The minimum atomic E-state index is -0.217. The number of methoxy groups -OCH3 is 1. The molecule has 3 amide bonds. The first-order valence-electron chi connectivity index (χ1n) is 9.27. The second kappa shape index (κ2) is 8.45. The lowest BCUT2D eigenvalue weighted by Gasteiger charge is -2.25. The topological polar surface area (TPSA) is 66.9 Å². The second-order valence-electron chi connectivity index (χ2n) is 7.05. The molecule has 1 aromatic carbocycles. The molecule has 0 N–H and O–H groups in total. The predicted molar refractivity (Wildman–Crippen MR) is 95.9 cm³/mol. The highest BCUT2D eigenvalue weighted by atomic mass is 16.5. The summed E-state index contributed by atoms with van der Waals surface area (Å²) in [7, 11) is 1.59. The van der Waals surface area contributed by atoms with Crippen molar-refractivity contribution in [3.05, 3.63) is 35.9 Å². The molecule has 6 heteroatoms. The summed E-state index contributed by atoms with van der Waals surface area (Å²) in [6.45, 7) is 1.10. The van der Waals surface area contributed by atoms with E-state index in [9.17, 15) is 14.4 Å². The molecule has 140 valence electrons. The van der Waals surface area contributed by atoms with Crippen molar-refractivity contribution in [3.63, 3.8) is 0 Å². The molecule has 2 unspecified atom stereocenters. The van der Waals surface area contributed by atoms with Crippen LogP contribution in [0.5, 0.6) is 0 Å². The van der Waals surface area contributed by atoms with Gasteiger partial charge in [0.25, 0.3) is 0 Å². The minimum Gasteiger partial charge on any atom is -0.383 e. The number of carbonyl (C=O) groups is 3. The van der Waals surface area contributed by atoms with Gasteiger partial charge in [-0.1, -0.05) is 43.2 Å². The summed E-state index contributed by atoms with van der Waals surface area (Å²) in [6, 6.07) is 9.68. The van der Waals surface area contributed by atoms with Gasteiger partial charge in [0.05, 0.1) is 18.4 Å². The summed E-state index contributed by atoms with van der Waals surface area (Å²) in [6.07, 6.45) is 3.49. The van der Waals surface area contributed by atoms with Crippen LogP contribution in [0, 0.1) is 11.8 Å². The van der Waals surface area contributed by atoms with Crippen molar-refractivity contribution in [2.24, 2.45) is 11.8 Å². The summed E-state index contributed by atoms with van der Waals surface area (Å²) in [4.78, 5) is 40.9. The maximum absolute atomic E-state index is 12.8. The van der Waals surface area contributed by atoms with Crippen molar-refractivity contribution >= 4 is 17.7 Å². The third kappa shape index (κ3) is 3.96. The highest BCUT2D eigenvalue weighted by Crippen LogP contribution is 2.37. The summed E-state index contributed by atoms with van der Waals surface area (Å²) >= 11 is 0. The first-order valence-corrected chi connectivity index (χ1v) is 9.27. The molecule has 0 spiro atoms. The van der Waals surface area contributed by atoms with Crippen LogP contribution in [0.2, 0.25) is 0 Å². The van der Waals surface area contributed by atoms with Crippen molar-refractivity contribution in [3.8, 4) is 0 Å². The van der Waals surface area contributed by atoms with Crippen molar-refractivity contribution < 1.29 is 19.1 Å². The van der Waals surface area contributed by atoms with Gasteiger partial charge in [0.1, 0.15) is 6.54 Å². The Kier molecular flexibility index (Phi) is 6.04. The van der Waals surface area contributed by atoms with Crippen LogP contribution >= 0.6 is 0 Å². The molecular weight excluding hydrogens is 332 g/mol. The van der Waals surface area contributed by atoms with Gasteiger partial charge in [0, 0.05) is 20.2 Å². The van der Waals surface area contributed by atoms with Crippen molar-refractivity contribution in [1.29, 1.82) is 0 Å². The molecule has 1 aromatic rings. The van der Waals surface area contributed by atoms with E-state index in [-0.39, 0.29) is 36.1 Å². The Morgan fingerprint density at radius 1 is 1.12 bits per heavy atom. The van der Waals surface area contributed by atoms with E-state index >= 15 is 0 Å². The normalized spacial score (nSPS) is 22.4. The largest absolute Gasteiger partial charge is 0.383 e. The number of fused-ring (bicyclic) bond motifs is 1. The maximum atomic E-state index is 12.8. The molecule has 1 aliphatic heterocycles. The van der Waals surface area contributed by atoms with Gasteiger partial charge >= 0.3 is 0 Å². The second-order valence-corrected chi connectivity index (χ2v) is 7.05. The number of benzene rings is 1. The molecule has 1 heterocycles. The van der Waals surface area contributed by atoms with Crippen molar-refractivity contribution in [2.45, 2.75) is 32.2 Å². The number of nitrogens with zero attached hydrogens (tertiary/aromatic N) is 2. The highest BCUT2D eigenvalue weighted by molar-refractivity contribution is 6.07. The van der Waals surface area contributed by atoms with Crippen molar-refractivity contribution in [1.82, 2.24) is 9.80 Å². The number of hydrogen-bond acceptors (Lipinski definition) is 4. The number of hydrogen-bond donors (Lipinski definition) is 0. The number of rotatable bonds is 7. The molecule has 6 nitrogen and oxygen atoms in total. The van der Waals surface area contributed by atoms with Gasteiger partial charge in [-0.15, -0.1) is 0 Å². The van der Waals surface area contributed by atoms with Gasteiger partial charge in [0.2, 0.25) is 17.7 Å². The van der Waals surface area contributed by atoms with E-state index in [0.29, 0.717) is 19.7 Å².